The number of benzene rings is 2. The van der Waals surface area contributed by atoms with Crippen LogP contribution in [0.1, 0.15) is 40.3 Å². The predicted octanol–water partition coefficient (Wildman–Crippen LogP) is 4.65. The third-order valence-electron chi connectivity index (χ3n) is 5.53. The molecule has 1 aliphatic rings. The van der Waals surface area contributed by atoms with Gasteiger partial charge >= 0.3 is 0 Å². The van der Waals surface area contributed by atoms with Crippen LogP contribution in [0, 0.1) is 11.3 Å². The number of hydrogen-bond donors (Lipinski definition) is 1. The minimum Gasteiger partial charge on any atom is -0.489 e. The highest BCUT2D eigenvalue weighted by atomic mass is 35.5. The van der Waals surface area contributed by atoms with Crippen LogP contribution in [0.2, 0.25) is 5.02 Å². The molecule has 0 aliphatic heterocycles. The van der Waals surface area contributed by atoms with E-state index in [1.165, 1.54) is 6.20 Å². The Bertz CT molecular complexity index is 1380. The van der Waals surface area contributed by atoms with Crippen molar-refractivity contribution in [2.45, 2.75) is 25.4 Å². The summed E-state index contributed by atoms with van der Waals surface area (Å²) in [5, 5.41) is 10.2. The predicted molar refractivity (Wildman–Crippen MR) is 134 cm³/mol. The van der Waals surface area contributed by atoms with Crippen LogP contribution in [-0.2, 0) is 23.1 Å². The summed E-state index contributed by atoms with van der Waals surface area (Å²) in [7, 11) is -3.46. The number of hydrogen-bond acceptors (Lipinski definition) is 7. The Hall–Kier alpha value is -3.06. The van der Waals surface area contributed by atoms with E-state index in [1.54, 1.807) is 6.07 Å². The van der Waals surface area contributed by atoms with E-state index in [0.29, 0.717) is 33.7 Å². The molecule has 1 atom stereocenters. The van der Waals surface area contributed by atoms with Gasteiger partial charge in [-0.1, -0.05) is 23.7 Å². The summed E-state index contributed by atoms with van der Waals surface area (Å²) in [6.45, 7) is 0.433. The van der Waals surface area contributed by atoms with Crippen LogP contribution >= 0.6 is 23.2 Å². The lowest BCUT2D eigenvalue weighted by Crippen LogP contribution is -2.13. The molecule has 1 heterocycles. The molecule has 11 heteroatoms. The van der Waals surface area contributed by atoms with Gasteiger partial charge in [-0.2, -0.15) is 5.26 Å². The average Bonchev–Trinajstić information content (AvgIpc) is 3.24. The molecule has 1 aromatic heterocycles. The van der Waals surface area contributed by atoms with Gasteiger partial charge in [0.2, 0.25) is 16.0 Å². The molecule has 0 saturated heterocycles. The number of halogens is 2. The fourth-order valence-corrected chi connectivity index (χ4v) is 4.88. The second-order valence-corrected chi connectivity index (χ2v) is 10.5. The second kappa shape index (κ2) is 10.7. The molecule has 4 rings (SSSR count). The fourth-order valence-electron chi connectivity index (χ4n) is 4.11. The van der Waals surface area contributed by atoms with Crippen molar-refractivity contribution in [3.8, 4) is 17.6 Å². The van der Waals surface area contributed by atoms with E-state index in [9.17, 15) is 13.7 Å². The minimum atomic E-state index is -3.46. The Kier molecular flexibility index (Phi) is 7.65. The summed E-state index contributed by atoms with van der Waals surface area (Å²) in [6, 6.07) is 13.5. The molecular weight excluding hydrogens is 511 g/mol. The second-order valence-electron chi connectivity index (χ2n) is 7.97. The van der Waals surface area contributed by atoms with Gasteiger partial charge in [0.1, 0.15) is 25.0 Å². The molecule has 0 saturated carbocycles. The van der Waals surface area contributed by atoms with Crippen LogP contribution in [0.25, 0.3) is 0 Å². The van der Waals surface area contributed by atoms with Crippen LogP contribution in [0.5, 0.6) is 11.5 Å². The van der Waals surface area contributed by atoms with Gasteiger partial charge in [0, 0.05) is 12.1 Å². The van der Waals surface area contributed by atoms with Crippen LogP contribution in [0.15, 0.2) is 42.6 Å². The largest absolute Gasteiger partial charge is 0.489 e. The lowest BCUT2D eigenvalue weighted by Gasteiger charge is -2.16. The number of nitrogens with zero attached hydrogens (tertiary/aromatic N) is 3. The monoisotopic (exact) mass is 532 g/mol. The molecule has 8 nitrogen and oxygen atoms in total. The number of alkyl halides is 1. The smallest absolute Gasteiger partial charge is 0.236 e. The van der Waals surface area contributed by atoms with Gasteiger partial charge in [0.15, 0.2) is 5.75 Å². The average molecular weight is 533 g/mol. The minimum absolute atomic E-state index is 0.00420. The van der Waals surface area contributed by atoms with Crippen molar-refractivity contribution in [1.29, 1.82) is 5.26 Å². The van der Waals surface area contributed by atoms with Crippen molar-refractivity contribution in [3.63, 3.8) is 0 Å². The third-order valence-corrected chi connectivity index (χ3v) is 6.52. The molecule has 2 aromatic carbocycles. The molecular formula is C24H22Cl2N4O4S. The molecule has 182 valence electrons. The number of nitriles is 1. The third kappa shape index (κ3) is 5.96. The van der Waals surface area contributed by atoms with E-state index >= 15 is 0 Å². The van der Waals surface area contributed by atoms with E-state index in [1.807, 2.05) is 30.3 Å². The summed E-state index contributed by atoms with van der Waals surface area (Å²) >= 11 is 12.2. The molecule has 1 unspecified atom stereocenters. The van der Waals surface area contributed by atoms with Crippen molar-refractivity contribution >= 4 is 39.2 Å². The first-order chi connectivity index (χ1) is 16.8. The van der Waals surface area contributed by atoms with E-state index in [0.717, 1.165) is 35.8 Å². The summed E-state index contributed by atoms with van der Waals surface area (Å²) in [6.07, 6.45) is 4.11. The van der Waals surface area contributed by atoms with Crippen LogP contribution < -0.4 is 14.2 Å². The molecule has 35 heavy (non-hydrogen) atoms. The van der Waals surface area contributed by atoms with Crippen molar-refractivity contribution < 1.29 is 17.9 Å². The maximum Gasteiger partial charge on any atom is 0.236 e. The molecule has 0 radical (unpaired) electrons. The Balaban J connectivity index is 1.48. The number of rotatable bonds is 9. The van der Waals surface area contributed by atoms with E-state index < -0.39 is 10.0 Å². The van der Waals surface area contributed by atoms with Gasteiger partial charge in [0.05, 0.1) is 28.4 Å². The highest BCUT2D eigenvalue weighted by molar-refractivity contribution is 7.91. The zero-order chi connectivity index (χ0) is 25.0. The number of sulfonamides is 1. The summed E-state index contributed by atoms with van der Waals surface area (Å²) < 4.78 is 36.4. The number of ether oxygens (including phenoxy) is 2. The Morgan fingerprint density at radius 2 is 2.00 bits per heavy atom. The normalized spacial score (nSPS) is 14.7. The van der Waals surface area contributed by atoms with Gasteiger partial charge in [-0.15, -0.1) is 11.6 Å². The summed E-state index contributed by atoms with van der Waals surface area (Å²) in [4.78, 5) is 8.04. The number of anilines is 1. The SMILES string of the molecule is CS(=O)(=O)Nc1nccc(COc2ccc(C3CCc4c3cc(Cl)c(OCCCl)c4C#N)cc2)n1. The zero-order valence-electron chi connectivity index (χ0n) is 18.8. The van der Waals surface area contributed by atoms with Crippen LogP contribution in [-0.4, -0.2) is 37.1 Å². The van der Waals surface area contributed by atoms with Crippen LogP contribution in [0.4, 0.5) is 5.95 Å². The van der Waals surface area contributed by atoms with E-state index in [2.05, 4.69) is 20.8 Å². The summed E-state index contributed by atoms with van der Waals surface area (Å²) in [5.41, 5.74) is 4.10. The number of aromatic nitrogens is 2. The van der Waals surface area contributed by atoms with Gasteiger partial charge in [-0.05, 0) is 53.8 Å². The first kappa shape index (κ1) is 25.0. The zero-order valence-corrected chi connectivity index (χ0v) is 21.1. The lowest BCUT2D eigenvalue weighted by molar-refractivity contribution is 0.301. The van der Waals surface area contributed by atoms with Crippen molar-refractivity contribution in [2.24, 2.45) is 0 Å². The van der Waals surface area contributed by atoms with Crippen molar-refractivity contribution in [3.05, 3.63) is 75.6 Å². The molecule has 1 aliphatic carbocycles. The molecule has 0 bridgehead atoms. The standard InChI is InChI=1S/C24H22Cl2N4O4S/c1-35(31,32)30-24-28-10-8-16(29-24)14-34-17-4-2-15(3-5-17)18-6-7-19-20(18)12-22(26)23(21(19)13-27)33-11-9-25/h2-5,8,10,12,18H,6-7,9,11,14H2,1H3,(H,28,29,30). The Morgan fingerprint density at radius 3 is 2.69 bits per heavy atom. The molecule has 0 fully saturated rings. The maximum absolute atomic E-state index is 11.4. The van der Waals surface area contributed by atoms with Gasteiger partial charge in [-0.25, -0.2) is 18.4 Å². The van der Waals surface area contributed by atoms with Crippen LogP contribution in [0.3, 0.4) is 0 Å². The number of fused-ring (bicyclic) bond motifs is 1. The first-order valence-electron chi connectivity index (χ1n) is 10.8. The molecule has 3 aromatic rings. The van der Waals surface area contributed by atoms with Gasteiger partial charge < -0.3 is 9.47 Å². The van der Waals surface area contributed by atoms with Crippen molar-refractivity contribution in [2.75, 3.05) is 23.5 Å². The molecule has 1 N–H and O–H groups in total. The quantitative estimate of drug-likeness (QED) is 0.399. The Labute approximate surface area is 213 Å². The highest BCUT2D eigenvalue weighted by Crippen LogP contribution is 2.45. The lowest BCUT2D eigenvalue weighted by atomic mass is 9.92. The molecule has 0 amide bonds. The Morgan fingerprint density at radius 1 is 1.23 bits per heavy atom. The van der Waals surface area contributed by atoms with Crippen molar-refractivity contribution in [1.82, 2.24) is 9.97 Å². The maximum atomic E-state index is 11.4. The summed E-state index contributed by atoms with van der Waals surface area (Å²) in [5.74, 6) is 1.46. The highest BCUT2D eigenvalue weighted by Gasteiger charge is 2.29. The fraction of sp³-hybridized carbons (Fsp3) is 0.292. The topological polar surface area (TPSA) is 114 Å². The number of nitrogens with one attached hydrogen (secondary N) is 1. The van der Waals surface area contributed by atoms with Gasteiger partial charge in [-0.3, -0.25) is 4.72 Å². The van der Waals surface area contributed by atoms with E-state index in [4.69, 9.17) is 32.7 Å². The van der Waals surface area contributed by atoms with E-state index in [-0.39, 0.29) is 25.1 Å². The first-order valence-corrected chi connectivity index (χ1v) is 13.6. The van der Waals surface area contributed by atoms with Gasteiger partial charge in [0.25, 0.3) is 0 Å². The molecule has 0 spiro atoms.